The summed E-state index contributed by atoms with van der Waals surface area (Å²) in [5.41, 5.74) is 5.00. The fourth-order valence-corrected chi connectivity index (χ4v) is 0.402. The quantitative estimate of drug-likeness (QED) is 0.473. The standard InChI is InChI=1S/C5H9NO4.2C2H4O2.ClH/c6-3(5(9)10)1-2-4(7)8;2*1-2(3)4;/h3H,1-2,6H2,(H,7,8)(H,9,10);2*1H3,(H,3,4);1H. The zero-order chi connectivity index (χ0) is 15.3. The summed E-state index contributed by atoms with van der Waals surface area (Å²) in [5, 5.41) is 31.1. The highest BCUT2D eigenvalue weighted by molar-refractivity contribution is 5.85. The highest BCUT2D eigenvalue weighted by Gasteiger charge is 2.12. The van der Waals surface area contributed by atoms with Crippen molar-refractivity contribution in [1.29, 1.82) is 0 Å². The Bertz CT molecular complexity index is 274. The van der Waals surface area contributed by atoms with Gasteiger partial charge in [-0.2, -0.15) is 0 Å². The number of carbonyl (C=O) groups is 4. The number of carboxylic acid groups (broad SMARTS) is 4. The van der Waals surface area contributed by atoms with E-state index in [-0.39, 0.29) is 25.2 Å². The zero-order valence-corrected chi connectivity index (χ0v) is 11.2. The van der Waals surface area contributed by atoms with Crippen LogP contribution in [0, 0.1) is 0 Å². The van der Waals surface area contributed by atoms with E-state index >= 15 is 0 Å². The Hall–Kier alpha value is -1.87. The molecule has 0 aliphatic rings. The lowest BCUT2D eigenvalue weighted by Gasteiger charge is -2.01. The van der Waals surface area contributed by atoms with Gasteiger partial charge in [0.25, 0.3) is 11.9 Å². The summed E-state index contributed by atoms with van der Waals surface area (Å²) in [5.74, 6) is -3.86. The molecule has 0 aliphatic heterocycles. The van der Waals surface area contributed by atoms with E-state index in [2.05, 4.69) is 0 Å². The van der Waals surface area contributed by atoms with Crippen LogP contribution in [0.1, 0.15) is 26.7 Å². The van der Waals surface area contributed by atoms with E-state index < -0.39 is 29.9 Å². The molecule has 0 aromatic heterocycles. The van der Waals surface area contributed by atoms with Crippen molar-refractivity contribution in [2.24, 2.45) is 5.73 Å². The predicted molar refractivity (Wildman–Crippen MR) is 66.3 cm³/mol. The van der Waals surface area contributed by atoms with E-state index in [0.29, 0.717) is 0 Å². The van der Waals surface area contributed by atoms with Crippen molar-refractivity contribution in [3.8, 4) is 0 Å². The van der Waals surface area contributed by atoms with E-state index in [1.54, 1.807) is 0 Å². The van der Waals surface area contributed by atoms with Crippen LogP contribution in [-0.4, -0.2) is 50.3 Å². The fraction of sp³-hybridized carbons (Fsp3) is 0.556. The first kappa shape index (κ1) is 25.9. The average Bonchev–Trinajstić information content (AvgIpc) is 2.11. The smallest absolute Gasteiger partial charge is 0.320 e. The van der Waals surface area contributed by atoms with Crippen molar-refractivity contribution >= 4 is 36.3 Å². The molecule has 0 aromatic carbocycles. The molecule has 0 heterocycles. The van der Waals surface area contributed by atoms with Crippen molar-refractivity contribution < 1.29 is 39.6 Å². The van der Waals surface area contributed by atoms with Crippen LogP contribution in [0.2, 0.25) is 0 Å². The number of hydrogen-bond acceptors (Lipinski definition) is 5. The monoisotopic (exact) mass is 303 g/mol. The molecular formula is C9H18ClNO8. The first-order valence-electron chi connectivity index (χ1n) is 4.59. The molecule has 1 atom stereocenters. The minimum absolute atomic E-state index is 0. The summed E-state index contributed by atoms with van der Waals surface area (Å²) >= 11 is 0. The van der Waals surface area contributed by atoms with Gasteiger partial charge in [-0.05, 0) is 6.42 Å². The second kappa shape index (κ2) is 16.1. The number of aliphatic carboxylic acids is 4. The molecule has 19 heavy (non-hydrogen) atoms. The van der Waals surface area contributed by atoms with E-state index in [1.165, 1.54) is 0 Å². The Labute approximate surface area is 115 Å². The second-order valence-electron chi connectivity index (χ2n) is 2.92. The van der Waals surface area contributed by atoms with Crippen LogP contribution in [0.15, 0.2) is 0 Å². The van der Waals surface area contributed by atoms with Gasteiger partial charge in [0.15, 0.2) is 0 Å². The maximum atomic E-state index is 9.99. The van der Waals surface area contributed by atoms with Gasteiger partial charge < -0.3 is 26.2 Å². The molecule has 10 heteroatoms. The van der Waals surface area contributed by atoms with Crippen molar-refractivity contribution in [3.63, 3.8) is 0 Å². The number of rotatable bonds is 4. The topological polar surface area (TPSA) is 175 Å². The van der Waals surface area contributed by atoms with Gasteiger partial charge in [0, 0.05) is 20.3 Å². The molecule has 0 saturated carbocycles. The molecule has 0 amide bonds. The molecule has 0 aliphatic carbocycles. The van der Waals surface area contributed by atoms with E-state index in [1.807, 2.05) is 0 Å². The highest BCUT2D eigenvalue weighted by Crippen LogP contribution is 1.93. The summed E-state index contributed by atoms with van der Waals surface area (Å²) in [6.07, 6.45) is -0.224. The lowest BCUT2D eigenvalue weighted by Crippen LogP contribution is -2.30. The average molecular weight is 304 g/mol. The largest absolute Gasteiger partial charge is 0.481 e. The van der Waals surface area contributed by atoms with Gasteiger partial charge in [-0.15, -0.1) is 12.4 Å². The summed E-state index contributed by atoms with van der Waals surface area (Å²) in [7, 11) is 0. The van der Waals surface area contributed by atoms with Crippen LogP contribution in [0.3, 0.4) is 0 Å². The van der Waals surface area contributed by atoms with Crippen molar-refractivity contribution in [2.75, 3.05) is 0 Å². The van der Waals surface area contributed by atoms with E-state index in [9.17, 15) is 9.59 Å². The Morgan fingerprint density at radius 1 is 0.947 bits per heavy atom. The zero-order valence-electron chi connectivity index (χ0n) is 10.4. The third-order valence-electron chi connectivity index (χ3n) is 0.986. The Balaban J connectivity index is -0.000000105. The predicted octanol–water partition coefficient (Wildman–Crippen LogP) is -0.133. The third-order valence-corrected chi connectivity index (χ3v) is 0.986. The molecular weight excluding hydrogens is 286 g/mol. The van der Waals surface area contributed by atoms with E-state index in [4.69, 9.17) is 35.7 Å². The lowest BCUT2D eigenvalue weighted by molar-refractivity contribution is -0.140. The molecule has 0 bridgehead atoms. The molecule has 114 valence electrons. The van der Waals surface area contributed by atoms with Crippen LogP contribution in [-0.2, 0) is 19.2 Å². The minimum Gasteiger partial charge on any atom is -0.481 e. The fourth-order valence-electron chi connectivity index (χ4n) is 0.402. The first-order valence-corrected chi connectivity index (χ1v) is 4.59. The molecule has 0 fully saturated rings. The molecule has 0 saturated heterocycles. The maximum absolute atomic E-state index is 9.99. The lowest BCUT2D eigenvalue weighted by atomic mass is 10.2. The Morgan fingerprint density at radius 2 is 1.21 bits per heavy atom. The van der Waals surface area contributed by atoms with Crippen LogP contribution < -0.4 is 5.73 Å². The molecule has 1 unspecified atom stereocenters. The van der Waals surface area contributed by atoms with Crippen molar-refractivity contribution in [1.82, 2.24) is 0 Å². The highest BCUT2D eigenvalue weighted by atomic mass is 35.5. The SMILES string of the molecule is CC(=O)O.CC(=O)O.Cl.NC(CCC(=O)O)C(=O)O. The normalized spacial score (nSPS) is 9.21. The van der Waals surface area contributed by atoms with Crippen LogP contribution in [0.4, 0.5) is 0 Å². The first-order chi connectivity index (χ1) is 8.00. The van der Waals surface area contributed by atoms with Gasteiger partial charge in [-0.25, -0.2) is 0 Å². The van der Waals surface area contributed by atoms with Gasteiger partial charge in [0.2, 0.25) is 0 Å². The van der Waals surface area contributed by atoms with Crippen molar-refractivity contribution in [2.45, 2.75) is 32.7 Å². The third kappa shape index (κ3) is 63.3. The number of carboxylic acids is 4. The molecule has 0 rings (SSSR count). The Kier molecular flexibility index (Phi) is 21.9. The van der Waals surface area contributed by atoms with Crippen LogP contribution in [0.25, 0.3) is 0 Å². The summed E-state index contributed by atoms with van der Waals surface area (Å²) in [6, 6.07) is -1.06. The van der Waals surface area contributed by atoms with Gasteiger partial charge >= 0.3 is 11.9 Å². The second-order valence-corrected chi connectivity index (χ2v) is 2.92. The number of nitrogens with two attached hydrogens (primary N) is 1. The van der Waals surface area contributed by atoms with Crippen molar-refractivity contribution in [3.05, 3.63) is 0 Å². The molecule has 0 spiro atoms. The van der Waals surface area contributed by atoms with E-state index in [0.717, 1.165) is 13.8 Å². The van der Waals surface area contributed by atoms with Gasteiger partial charge in [0.1, 0.15) is 6.04 Å². The molecule has 0 radical (unpaired) electrons. The van der Waals surface area contributed by atoms with Crippen LogP contribution in [0.5, 0.6) is 0 Å². The maximum Gasteiger partial charge on any atom is 0.320 e. The van der Waals surface area contributed by atoms with Gasteiger partial charge in [0.05, 0.1) is 0 Å². The number of hydrogen-bond donors (Lipinski definition) is 5. The summed E-state index contributed by atoms with van der Waals surface area (Å²) in [6.45, 7) is 2.17. The molecule has 9 nitrogen and oxygen atoms in total. The number of halogens is 1. The molecule has 6 N–H and O–H groups in total. The minimum atomic E-state index is -1.17. The van der Waals surface area contributed by atoms with Gasteiger partial charge in [-0.1, -0.05) is 0 Å². The molecule has 0 aromatic rings. The summed E-state index contributed by atoms with van der Waals surface area (Å²) < 4.78 is 0. The van der Waals surface area contributed by atoms with Gasteiger partial charge in [-0.3, -0.25) is 19.2 Å². The summed E-state index contributed by atoms with van der Waals surface area (Å²) in [4.78, 5) is 37.9. The Morgan fingerprint density at radius 3 is 1.37 bits per heavy atom. The van der Waals surface area contributed by atoms with Crippen LogP contribution >= 0.6 is 12.4 Å².